The first kappa shape index (κ1) is 16.0. The Morgan fingerprint density at radius 2 is 2.14 bits per heavy atom. The van der Waals surface area contributed by atoms with E-state index in [0.29, 0.717) is 0 Å². The molecule has 2 saturated heterocycles. The third kappa shape index (κ3) is 3.57. The van der Waals surface area contributed by atoms with Crippen LogP contribution < -0.4 is 0 Å². The fourth-order valence-corrected chi connectivity index (χ4v) is 5.46. The van der Waals surface area contributed by atoms with Gasteiger partial charge in [-0.2, -0.15) is 11.8 Å². The lowest BCUT2D eigenvalue weighted by Crippen LogP contribution is -2.44. The molecule has 2 aliphatic rings. The topological polar surface area (TPSA) is 29.5 Å². The minimum absolute atomic E-state index is 0.0272. The Morgan fingerprint density at radius 1 is 1.38 bits per heavy atom. The molecule has 0 saturated carbocycles. The number of hydrogen-bond acceptors (Lipinski definition) is 3. The van der Waals surface area contributed by atoms with Crippen LogP contribution in [0.1, 0.15) is 37.4 Å². The maximum Gasteiger partial charge on any atom is 0.124 e. The van der Waals surface area contributed by atoms with Crippen LogP contribution in [-0.4, -0.2) is 28.8 Å². The summed E-state index contributed by atoms with van der Waals surface area (Å²) in [5.41, 5.74) is 0.824. The van der Waals surface area contributed by atoms with Gasteiger partial charge in [0, 0.05) is 10.2 Å². The molecule has 1 aromatic rings. The van der Waals surface area contributed by atoms with E-state index in [0.717, 1.165) is 52.9 Å². The first-order valence-electron chi connectivity index (χ1n) is 7.44. The molecule has 1 spiro atoms. The molecule has 0 aromatic heterocycles. The van der Waals surface area contributed by atoms with Gasteiger partial charge in [-0.25, -0.2) is 4.39 Å². The molecule has 2 fully saturated rings. The van der Waals surface area contributed by atoms with Gasteiger partial charge in [0.1, 0.15) is 5.82 Å². The van der Waals surface area contributed by atoms with Crippen molar-refractivity contribution in [1.29, 1.82) is 0 Å². The highest BCUT2D eigenvalue weighted by Crippen LogP contribution is 2.44. The van der Waals surface area contributed by atoms with Crippen molar-refractivity contribution in [2.24, 2.45) is 5.92 Å². The number of aliphatic hydroxyl groups excluding tert-OH is 1. The number of benzene rings is 1. The fraction of sp³-hybridized carbons (Fsp3) is 0.625. The van der Waals surface area contributed by atoms with Gasteiger partial charge in [0.25, 0.3) is 0 Å². The van der Waals surface area contributed by atoms with E-state index < -0.39 is 6.10 Å². The Labute approximate surface area is 143 Å². The number of hydrogen-bond donors (Lipinski definition) is 1. The van der Waals surface area contributed by atoms with E-state index >= 15 is 0 Å². The van der Waals surface area contributed by atoms with E-state index in [4.69, 9.17) is 4.74 Å². The number of rotatable bonds is 2. The largest absolute Gasteiger partial charge is 0.388 e. The maximum atomic E-state index is 13.2. The summed E-state index contributed by atoms with van der Waals surface area (Å²) in [4.78, 5) is 0. The molecule has 1 N–H and O–H groups in total. The Kier molecular flexibility index (Phi) is 5.13. The van der Waals surface area contributed by atoms with Crippen LogP contribution in [0.4, 0.5) is 4.39 Å². The molecular formula is C16H20FIO2S. The van der Waals surface area contributed by atoms with E-state index in [-0.39, 0.29) is 17.3 Å². The molecular weight excluding hydrogens is 402 g/mol. The van der Waals surface area contributed by atoms with E-state index in [1.807, 2.05) is 11.8 Å². The molecule has 5 heteroatoms. The second kappa shape index (κ2) is 6.72. The van der Waals surface area contributed by atoms with Gasteiger partial charge in [0.15, 0.2) is 0 Å². The monoisotopic (exact) mass is 422 g/mol. The molecule has 0 bridgehead atoms. The zero-order valence-corrected chi connectivity index (χ0v) is 14.8. The van der Waals surface area contributed by atoms with Crippen molar-refractivity contribution in [3.8, 4) is 0 Å². The zero-order chi connectivity index (χ0) is 14.9. The predicted octanol–water partition coefficient (Wildman–Crippen LogP) is 4.16. The first-order valence-corrected chi connectivity index (χ1v) is 9.68. The lowest BCUT2D eigenvalue weighted by molar-refractivity contribution is -0.121. The molecule has 2 heterocycles. The average Bonchev–Trinajstić information content (AvgIpc) is 2.47. The Balaban J connectivity index is 1.76. The van der Waals surface area contributed by atoms with E-state index in [1.165, 1.54) is 12.1 Å². The molecule has 3 rings (SSSR count). The highest BCUT2D eigenvalue weighted by atomic mass is 127. The molecule has 0 amide bonds. The number of thioether (sulfide) groups is 1. The van der Waals surface area contributed by atoms with Crippen LogP contribution in [0.2, 0.25) is 0 Å². The van der Waals surface area contributed by atoms with E-state index in [1.54, 1.807) is 6.07 Å². The van der Waals surface area contributed by atoms with Gasteiger partial charge in [-0.1, -0.05) is 6.07 Å². The van der Waals surface area contributed by atoms with Crippen LogP contribution >= 0.6 is 34.4 Å². The molecule has 21 heavy (non-hydrogen) atoms. The summed E-state index contributed by atoms with van der Waals surface area (Å²) in [5.74, 6) is 2.26. The van der Waals surface area contributed by atoms with Crippen molar-refractivity contribution >= 4 is 34.4 Å². The van der Waals surface area contributed by atoms with Crippen molar-refractivity contribution in [2.75, 3.05) is 18.1 Å². The van der Waals surface area contributed by atoms with Gasteiger partial charge in [0.2, 0.25) is 0 Å². The third-order valence-corrected chi connectivity index (χ3v) is 6.58. The molecule has 0 radical (unpaired) electrons. The molecule has 0 aliphatic carbocycles. The zero-order valence-electron chi connectivity index (χ0n) is 11.9. The van der Waals surface area contributed by atoms with Crippen molar-refractivity contribution in [1.82, 2.24) is 0 Å². The normalized spacial score (nSPS) is 26.7. The summed E-state index contributed by atoms with van der Waals surface area (Å²) in [6.07, 6.45) is 3.45. The van der Waals surface area contributed by atoms with E-state index in [2.05, 4.69) is 22.6 Å². The highest BCUT2D eigenvalue weighted by Gasteiger charge is 2.41. The van der Waals surface area contributed by atoms with Crippen LogP contribution in [0.25, 0.3) is 0 Å². The average molecular weight is 422 g/mol. The molecule has 2 atom stereocenters. The third-order valence-electron chi connectivity index (χ3n) is 4.66. The summed E-state index contributed by atoms with van der Waals surface area (Å²) >= 11 is 4.10. The summed E-state index contributed by atoms with van der Waals surface area (Å²) in [6.45, 7) is 0.726. The molecule has 2 nitrogen and oxygen atoms in total. The van der Waals surface area contributed by atoms with Crippen LogP contribution in [-0.2, 0) is 4.74 Å². The number of ether oxygens (including phenoxy) is 1. The lowest BCUT2D eigenvalue weighted by Gasteiger charge is -2.44. The second-order valence-electron chi connectivity index (χ2n) is 6.01. The van der Waals surface area contributed by atoms with Crippen LogP contribution in [0.3, 0.4) is 0 Å². The minimum atomic E-state index is -0.521. The summed E-state index contributed by atoms with van der Waals surface area (Å²) < 4.78 is 20.1. The molecule has 2 unspecified atom stereocenters. The minimum Gasteiger partial charge on any atom is -0.388 e. The van der Waals surface area contributed by atoms with Crippen molar-refractivity contribution in [3.05, 3.63) is 33.1 Å². The van der Waals surface area contributed by atoms with Crippen LogP contribution in [0, 0.1) is 15.3 Å². The SMILES string of the molecule is OC(c1ccc(F)cc1I)C1CCOC2(CCSCC2)C1. The van der Waals surface area contributed by atoms with Crippen LogP contribution in [0.5, 0.6) is 0 Å². The number of halogens is 2. The Morgan fingerprint density at radius 3 is 2.86 bits per heavy atom. The lowest BCUT2D eigenvalue weighted by atomic mass is 9.78. The standard InChI is InChI=1S/C16H20FIO2S/c17-12-1-2-13(14(18)9-12)15(19)11-3-6-20-16(10-11)4-7-21-8-5-16/h1-2,9,11,15,19H,3-8,10H2. The van der Waals surface area contributed by atoms with Gasteiger partial charge in [0.05, 0.1) is 11.7 Å². The van der Waals surface area contributed by atoms with Crippen molar-refractivity contribution in [2.45, 2.75) is 37.4 Å². The summed E-state index contributed by atoms with van der Waals surface area (Å²) in [5, 5.41) is 10.7. The van der Waals surface area contributed by atoms with Gasteiger partial charge in [-0.15, -0.1) is 0 Å². The second-order valence-corrected chi connectivity index (χ2v) is 8.39. The molecule has 2 aliphatic heterocycles. The Bertz CT molecular complexity index is 500. The fourth-order valence-electron chi connectivity index (χ4n) is 3.42. The van der Waals surface area contributed by atoms with Crippen LogP contribution in [0.15, 0.2) is 18.2 Å². The van der Waals surface area contributed by atoms with Crippen molar-refractivity contribution < 1.29 is 14.2 Å². The molecule has 1 aromatic carbocycles. The van der Waals surface area contributed by atoms with Gasteiger partial charge < -0.3 is 9.84 Å². The highest BCUT2D eigenvalue weighted by molar-refractivity contribution is 14.1. The van der Waals surface area contributed by atoms with Gasteiger partial charge in [-0.3, -0.25) is 0 Å². The number of aliphatic hydroxyl groups is 1. The maximum absolute atomic E-state index is 13.2. The first-order chi connectivity index (χ1) is 10.1. The van der Waals surface area contributed by atoms with Crippen molar-refractivity contribution in [3.63, 3.8) is 0 Å². The molecule has 116 valence electrons. The predicted molar refractivity (Wildman–Crippen MR) is 92.0 cm³/mol. The quantitative estimate of drug-likeness (QED) is 0.727. The summed E-state index contributed by atoms with van der Waals surface area (Å²) in [6, 6.07) is 4.65. The Hall–Kier alpha value is 0.150. The van der Waals surface area contributed by atoms with Gasteiger partial charge >= 0.3 is 0 Å². The smallest absolute Gasteiger partial charge is 0.124 e. The summed E-state index contributed by atoms with van der Waals surface area (Å²) in [7, 11) is 0. The van der Waals surface area contributed by atoms with E-state index in [9.17, 15) is 9.50 Å². The van der Waals surface area contributed by atoms with Gasteiger partial charge in [-0.05, 0) is 83.4 Å².